The molecule has 0 aliphatic carbocycles. The van der Waals surface area contributed by atoms with Crippen LogP contribution < -0.4 is 189 Å². The van der Waals surface area contributed by atoms with Crippen LogP contribution in [0.15, 0.2) is 123 Å². The average molecular weight is 1160 g/mol. The molecule has 0 bridgehead atoms. The second kappa shape index (κ2) is 26.4. The van der Waals surface area contributed by atoms with E-state index in [-0.39, 0.29) is 189 Å². The first-order chi connectivity index (χ1) is 30.2. The first kappa shape index (κ1) is 71.4. The molecule has 0 radical (unpaired) electrons. The van der Waals surface area contributed by atoms with E-state index in [1.807, 2.05) is 0 Å². The van der Waals surface area contributed by atoms with Crippen molar-refractivity contribution >= 4 is 129 Å². The van der Waals surface area contributed by atoms with Crippen LogP contribution in [0.3, 0.4) is 0 Å². The maximum absolute atomic E-state index is 12.3. The molecule has 38 heteroatoms. The van der Waals surface area contributed by atoms with Gasteiger partial charge >= 0.3 is 177 Å². The number of hydrogen-bond acceptors (Lipinski definition) is 26. The largest absolute Gasteiger partial charge is 1.00 e. The summed E-state index contributed by atoms with van der Waals surface area (Å²) in [6.07, 6.45) is 1.78. The molecule has 348 valence electrons. The zero-order chi connectivity index (χ0) is 49.3. The molecule has 6 rings (SSSR count). The second-order valence-corrected chi connectivity index (χ2v) is 21.3. The monoisotopic (exact) mass is 1160 g/mol. The molecule has 0 aromatic heterocycles. The number of nitrogen functional groups attached to an aromatic ring is 2. The van der Waals surface area contributed by atoms with Crippen LogP contribution in [0.25, 0.3) is 33.7 Å². The fraction of sp³-hybridized carbons (Fsp3) is 0. The van der Waals surface area contributed by atoms with Crippen LogP contribution in [-0.2, 0) is 60.7 Å². The Morgan fingerprint density at radius 1 is 0.375 bits per heavy atom. The fourth-order valence-corrected chi connectivity index (χ4v) is 10.4. The summed E-state index contributed by atoms with van der Waals surface area (Å²) >= 11 is 0. The van der Waals surface area contributed by atoms with Crippen molar-refractivity contribution < 1.29 is 265 Å². The molecular formula is C34H20N6Na6O20S6. The molecule has 0 aliphatic rings. The number of hydrogen-bond donors (Lipinski definition) is 4. The number of benzene rings is 6. The number of fused-ring (bicyclic) bond motifs is 2. The Hall–Kier alpha value is -0.560. The number of aromatic hydroxyl groups is 2. The number of rotatable bonds is 12. The van der Waals surface area contributed by atoms with E-state index in [4.69, 9.17) is 11.5 Å². The van der Waals surface area contributed by atoms with E-state index in [2.05, 4.69) is 20.5 Å². The van der Waals surface area contributed by atoms with E-state index in [0.29, 0.717) is 12.1 Å². The molecule has 0 saturated carbocycles. The Bertz CT molecular complexity index is 3690. The van der Waals surface area contributed by atoms with Crippen molar-refractivity contribution in [3.8, 4) is 11.5 Å². The summed E-state index contributed by atoms with van der Waals surface area (Å²) < 4.78 is 216. The minimum Gasteiger partial charge on any atom is -0.744 e. The zero-order valence-corrected chi connectivity index (χ0v) is 54.6. The van der Waals surface area contributed by atoms with Gasteiger partial charge in [0.25, 0.3) is 0 Å². The summed E-state index contributed by atoms with van der Waals surface area (Å²) in [6.45, 7) is 0. The normalized spacial score (nSPS) is 12.4. The van der Waals surface area contributed by atoms with Gasteiger partial charge < -0.3 is 49.0 Å². The van der Waals surface area contributed by atoms with Crippen molar-refractivity contribution in [2.24, 2.45) is 20.5 Å². The molecule has 26 nitrogen and oxygen atoms in total. The smallest absolute Gasteiger partial charge is 0.744 e. The van der Waals surface area contributed by atoms with Crippen LogP contribution in [0, 0.1) is 0 Å². The summed E-state index contributed by atoms with van der Waals surface area (Å²) in [5.74, 6) is -2.17. The third-order valence-corrected chi connectivity index (χ3v) is 14.3. The van der Waals surface area contributed by atoms with Crippen molar-refractivity contribution in [1.29, 1.82) is 0 Å². The molecular weight excluding hydrogens is 1140 g/mol. The van der Waals surface area contributed by atoms with Crippen LogP contribution in [0.4, 0.5) is 34.1 Å². The first-order valence-corrected chi connectivity index (χ1v) is 25.4. The Labute approximate surface area is 541 Å². The number of nitrogens with zero attached hydrogens (tertiary/aromatic N) is 4. The van der Waals surface area contributed by atoms with Gasteiger partial charge in [0.2, 0.25) is 0 Å². The molecule has 72 heavy (non-hydrogen) atoms. The summed E-state index contributed by atoms with van der Waals surface area (Å²) in [4.78, 5) is -7.21. The molecule has 0 amide bonds. The zero-order valence-electron chi connectivity index (χ0n) is 37.7. The quantitative estimate of drug-likeness (QED) is 0.0291. The second-order valence-electron chi connectivity index (χ2n) is 13.2. The molecule has 0 heterocycles. The molecule has 6 aromatic carbocycles. The predicted octanol–water partition coefficient (Wildman–Crippen LogP) is -15.0. The van der Waals surface area contributed by atoms with Crippen LogP contribution in [0.1, 0.15) is 11.1 Å². The summed E-state index contributed by atoms with van der Waals surface area (Å²) in [5, 5.41) is 33.6. The molecule has 0 unspecified atom stereocenters. The standard InChI is InChI=1S/C34H26N6O20S6.6Na/c35-31-27(65(55,56)57)13-25(63(49,50)51)19-7-9-21(33(41)29(19)31)39-37-17-5-3-15(23(11-17)61(43,44)45)1-2-16-4-6-18(12-24(16)62(46,47)48)38-40-22-10-8-20-26(64(52,53)54)14-28(66(58,59)60)32(36)30(20)34(22)42;;;;;;/h1-14,41-42H,35-36H2,(H,43,44,45)(H,46,47,48)(H,49,50,51)(H,52,53,54)(H,55,56,57)(H,58,59,60);;;;;;/q;6*+1/p-6/b2-1+,39-37?,40-38?;;;;;;. The Morgan fingerprint density at radius 3 is 0.917 bits per heavy atom. The Morgan fingerprint density at radius 2 is 0.653 bits per heavy atom. The SMILES string of the molecule is Nc1c(S(=O)(=O)[O-])cc(S(=O)(=O)[O-])c2ccc(N=Nc3ccc(/C=C/c4ccc(N=Nc5ccc6c(S(=O)(=O)[O-])cc(S(=O)(=O)[O-])c(N)c6c5O)cc4S(=O)(=O)[O-])c(S(=O)(=O)[O-])c3)c(O)c12.[Na+].[Na+].[Na+].[Na+].[Na+].[Na+]. The van der Waals surface area contributed by atoms with Gasteiger partial charge in [-0.15, -0.1) is 10.2 Å². The average Bonchev–Trinajstić information content (AvgIpc) is 3.17. The van der Waals surface area contributed by atoms with Crippen molar-refractivity contribution in [3.05, 3.63) is 83.9 Å². The van der Waals surface area contributed by atoms with Crippen LogP contribution in [0.5, 0.6) is 11.5 Å². The maximum atomic E-state index is 12.3. The van der Waals surface area contributed by atoms with Gasteiger partial charge in [0.1, 0.15) is 72.1 Å². The van der Waals surface area contributed by atoms with Crippen molar-refractivity contribution in [3.63, 3.8) is 0 Å². The van der Waals surface area contributed by atoms with Gasteiger partial charge in [0.15, 0.2) is 11.5 Å². The van der Waals surface area contributed by atoms with Gasteiger partial charge in [-0.25, -0.2) is 50.5 Å². The number of azo groups is 2. The van der Waals surface area contributed by atoms with Gasteiger partial charge in [-0.3, -0.25) is 0 Å². The molecule has 0 aliphatic heterocycles. The molecule has 0 fully saturated rings. The summed E-state index contributed by atoms with van der Waals surface area (Å²) in [6, 6.07) is 9.25. The van der Waals surface area contributed by atoms with Crippen LogP contribution >= 0.6 is 0 Å². The summed E-state index contributed by atoms with van der Waals surface area (Å²) in [5.41, 5.74) is 6.67. The van der Waals surface area contributed by atoms with Crippen LogP contribution in [0.2, 0.25) is 0 Å². The van der Waals surface area contributed by atoms with E-state index >= 15 is 0 Å². The topological polar surface area (TPSA) is 485 Å². The number of nitrogens with two attached hydrogens (primary N) is 2. The molecule has 0 atom stereocenters. The molecule has 0 saturated heterocycles. The van der Waals surface area contributed by atoms with Crippen molar-refractivity contribution in [2.75, 3.05) is 11.5 Å². The first-order valence-electron chi connectivity index (χ1n) is 16.9. The summed E-state index contributed by atoms with van der Waals surface area (Å²) in [7, 11) is -32.8. The van der Waals surface area contributed by atoms with E-state index < -0.39 is 168 Å². The van der Waals surface area contributed by atoms with Crippen molar-refractivity contribution in [1.82, 2.24) is 0 Å². The number of anilines is 2. The number of phenols is 2. The van der Waals surface area contributed by atoms with Crippen LogP contribution in [-0.4, -0.2) is 88.0 Å². The Kier molecular flexibility index (Phi) is 26.2. The van der Waals surface area contributed by atoms with Gasteiger partial charge in [-0.1, -0.05) is 36.4 Å². The minimum atomic E-state index is -5.52. The van der Waals surface area contributed by atoms with Gasteiger partial charge in [0, 0.05) is 10.8 Å². The van der Waals surface area contributed by atoms with Gasteiger partial charge in [-0.05, 0) is 59.7 Å². The Balaban J connectivity index is 0.00000840. The predicted molar refractivity (Wildman–Crippen MR) is 218 cm³/mol. The molecule has 0 spiro atoms. The molecule has 6 N–H and O–H groups in total. The van der Waals surface area contributed by atoms with Gasteiger partial charge in [0.05, 0.1) is 62.9 Å². The van der Waals surface area contributed by atoms with Gasteiger partial charge in [-0.2, -0.15) is 10.2 Å². The third kappa shape index (κ3) is 16.0. The fourth-order valence-electron chi connectivity index (χ4n) is 6.18. The van der Waals surface area contributed by atoms with E-state index in [9.17, 15) is 88.0 Å². The van der Waals surface area contributed by atoms with E-state index in [0.717, 1.165) is 60.7 Å². The van der Waals surface area contributed by atoms with E-state index in [1.165, 1.54) is 0 Å². The number of phenolic OH excluding ortho intramolecular Hbond substituents is 2. The maximum Gasteiger partial charge on any atom is 1.00 e. The minimum absolute atomic E-state index is 0. The molecule has 6 aromatic rings. The third-order valence-electron chi connectivity index (χ3n) is 9.04. The van der Waals surface area contributed by atoms with E-state index in [1.54, 1.807) is 0 Å². The van der Waals surface area contributed by atoms with Crippen molar-refractivity contribution in [2.45, 2.75) is 29.4 Å².